The van der Waals surface area contributed by atoms with E-state index in [0.29, 0.717) is 34.9 Å². The average molecular weight is 402 g/mol. The van der Waals surface area contributed by atoms with Crippen LogP contribution >= 0.6 is 11.8 Å². The van der Waals surface area contributed by atoms with Crippen molar-refractivity contribution in [2.45, 2.75) is 12.5 Å². The van der Waals surface area contributed by atoms with Gasteiger partial charge in [0.1, 0.15) is 11.8 Å². The molecule has 0 bridgehead atoms. The van der Waals surface area contributed by atoms with E-state index in [0.717, 1.165) is 5.75 Å². The van der Waals surface area contributed by atoms with Crippen LogP contribution in [0.3, 0.4) is 0 Å². The van der Waals surface area contributed by atoms with Gasteiger partial charge in [-0.05, 0) is 54.8 Å². The molecule has 7 nitrogen and oxygen atoms in total. The summed E-state index contributed by atoms with van der Waals surface area (Å²) >= 11 is 1.61. The second kappa shape index (κ2) is 9.36. The minimum Gasteiger partial charge on any atom is -0.497 e. The van der Waals surface area contributed by atoms with Crippen LogP contribution in [0.15, 0.2) is 42.5 Å². The molecule has 0 spiro atoms. The third-order valence-corrected chi connectivity index (χ3v) is 4.87. The highest BCUT2D eigenvalue weighted by molar-refractivity contribution is 7.98. The van der Waals surface area contributed by atoms with Crippen LogP contribution < -0.4 is 24.8 Å². The lowest BCUT2D eigenvalue weighted by molar-refractivity contribution is -0.118. The fourth-order valence-electron chi connectivity index (χ4n) is 2.69. The van der Waals surface area contributed by atoms with E-state index in [1.54, 1.807) is 61.3 Å². The van der Waals surface area contributed by atoms with E-state index in [1.165, 1.54) is 0 Å². The summed E-state index contributed by atoms with van der Waals surface area (Å²) < 4.78 is 15.7. The first-order valence-electron chi connectivity index (χ1n) is 8.75. The highest BCUT2D eigenvalue weighted by Crippen LogP contribution is 2.34. The average Bonchev–Trinajstić information content (AvgIpc) is 3.18. The summed E-state index contributed by atoms with van der Waals surface area (Å²) in [6.45, 7) is 0.168. The number of methoxy groups -OCH3 is 1. The van der Waals surface area contributed by atoms with E-state index in [9.17, 15) is 9.59 Å². The molecule has 0 fully saturated rings. The molecule has 2 aromatic carbocycles. The Morgan fingerprint density at radius 2 is 1.89 bits per heavy atom. The predicted molar refractivity (Wildman–Crippen MR) is 108 cm³/mol. The molecular formula is C20H22N2O5S. The molecule has 0 aliphatic carbocycles. The van der Waals surface area contributed by atoms with Crippen LogP contribution in [0.1, 0.15) is 16.8 Å². The second-order valence-electron chi connectivity index (χ2n) is 6.09. The zero-order valence-corrected chi connectivity index (χ0v) is 16.5. The van der Waals surface area contributed by atoms with E-state index in [-0.39, 0.29) is 18.6 Å². The Labute approximate surface area is 167 Å². The van der Waals surface area contributed by atoms with Gasteiger partial charge in [0, 0.05) is 17.3 Å². The third kappa shape index (κ3) is 4.89. The van der Waals surface area contributed by atoms with E-state index < -0.39 is 6.04 Å². The molecule has 28 heavy (non-hydrogen) atoms. The first-order chi connectivity index (χ1) is 13.6. The number of rotatable bonds is 8. The maximum absolute atomic E-state index is 12.8. The van der Waals surface area contributed by atoms with Gasteiger partial charge >= 0.3 is 0 Å². The number of ether oxygens (including phenoxy) is 3. The molecule has 3 rings (SSSR count). The molecule has 8 heteroatoms. The molecule has 2 aromatic rings. The van der Waals surface area contributed by atoms with Gasteiger partial charge < -0.3 is 24.8 Å². The molecule has 1 aliphatic rings. The van der Waals surface area contributed by atoms with Crippen molar-refractivity contribution < 1.29 is 23.8 Å². The smallest absolute Gasteiger partial charge is 0.251 e. The summed E-state index contributed by atoms with van der Waals surface area (Å²) in [4.78, 5) is 25.3. The van der Waals surface area contributed by atoms with Crippen LogP contribution in [-0.4, -0.2) is 43.8 Å². The van der Waals surface area contributed by atoms with Crippen molar-refractivity contribution in [2.24, 2.45) is 0 Å². The summed E-state index contributed by atoms with van der Waals surface area (Å²) in [5, 5.41) is 5.65. The standard InChI is InChI=1S/C20H22N2O5S/c1-25-15-6-3-13(4-7-15)19(23)22-16(9-10-28-2)20(24)21-14-5-8-17-18(11-14)27-12-26-17/h3-8,11,16H,9-10,12H2,1-2H3,(H,21,24)(H,22,23)/t16-/m0/s1. The molecule has 1 heterocycles. The fourth-order valence-corrected chi connectivity index (χ4v) is 3.16. The Balaban J connectivity index is 1.67. The SMILES string of the molecule is COc1ccc(C(=O)N[C@@H](CCSC)C(=O)Nc2ccc3c(c2)OCO3)cc1. The molecule has 148 valence electrons. The number of hydrogen-bond donors (Lipinski definition) is 2. The largest absolute Gasteiger partial charge is 0.497 e. The van der Waals surface area contributed by atoms with E-state index in [1.807, 2.05) is 6.26 Å². The van der Waals surface area contributed by atoms with Crippen molar-refractivity contribution in [1.29, 1.82) is 0 Å². The van der Waals surface area contributed by atoms with E-state index in [2.05, 4.69) is 10.6 Å². The zero-order chi connectivity index (χ0) is 19.9. The van der Waals surface area contributed by atoms with Gasteiger partial charge in [-0.2, -0.15) is 11.8 Å². The van der Waals surface area contributed by atoms with Crippen LogP contribution in [0.5, 0.6) is 17.2 Å². The van der Waals surface area contributed by atoms with Gasteiger partial charge in [-0.15, -0.1) is 0 Å². The maximum atomic E-state index is 12.8. The van der Waals surface area contributed by atoms with Crippen LogP contribution in [-0.2, 0) is 4.79 Å². The van der Waals surface area contributed by atoms with Crippen molar-refractivity contribution in [3.05, 3.63) is 48.0 Å². The highest BCUT2D eigenvalue weighted by Gasteiger charge is 2.22. The lowest BCUT2D eigenvalue weighted by atomic mass is 10.1. The molecule has 2 N–H and O–H groups in total. The quantitative estimate of drug-likeness (QED) is 0.706. The summed E-state index contributed by atoms with van der Waals surface area (Å²) in [7, 11) is 1.56. The molecule has 1 aliphatic heterocycles. The van der Waals surface area contributed by atoms with Crippen molar-refractivity contribution in [2.75, 3.05) is 31.2 Å². The van der Waals surface area contributed by atoms with Gasteiger partial charge in [0.2, 0.25) is 12.7 Å². The van der Waals surface area contributed by atoms with Crippen LogP contribution in [0.4, 0.5) is 5.69 Å². The molecule has 0 aromatic heterocycles. The summed E-state index contributed by atoms with van der Waals surface area (Å²) in [6, 6.07) is 11.3. The Kier molecular flexibility index (Phi) is 6.65. The lowest BCUT2D eigenvalue weighted by Crippen LogP contribution is -2.44. The lowest BCUT2D eigenvalue weighted by Gasteiger charge is -2.18. The Morgan fingerprint density at radius 3 is 2.61 bits per heavy atom. The van der Waals surface area contributed by atoms with Crippen molar-refractivity contribution in [3.63, 3.8) is 0 Å². The number of anilines is 1. The molecule has 0 unspecified atom stereocenters. The molecule has 0 saturated heterocycles. The van der Waals surface area contributed by atoms with Crippen molar-refractivity contribution in [3.8, 4) is 17.2 Å². The van der Waals surface area contributed by atoms with E-state index in [4.69, 9.17) is 14.2 Å². The van der Waals surface area contributed by atoms with E-state index >= 15 is 0 Å². The molecule has 0 saturated carbocycles. The zero-order valence-electron chi connectivity index (χ0n) is 15.7. The predicted octanol–water partition coefficient (Wildman–Crippen LogP) is 2.91. The van der Waals surface area contributed by atoms with Gasteiger partial charge in [0.15, 0.2) is 11.5 Å². The molecule has 1 atom stereocenters. The van der Waals surface area contributed by atoms with Crippen LogP contribution in [0, 0.1) is 0 Å². The summed E-state index contributed by atoms with van der Waals surface area (Å²) in [5.74, 6) is 2.04. The number of benzene rings is 2. The minimum absolute atomic E-state index is 0.168. The molecular weight excluding hydrogens is 380 g/mol. The highest BCUT2D eigenvalue weighted by atomic mass is 32.2. The Bertz CT molecular complexity index is 841. The number of thioether (sulfide) groups is 1. The van der Waals surface area contributed by atoms with Crippen LogP contribution in [0.2, 0.25) is 0 Å². The Morgan fingerprint density at radius 1 is 1.14 bits per heavy atom. The fraction of sp³-hybridized carbons (Fsp3) is 0.300. The number of amides is 2. The number of carbonyl (C=O) groups excluding carboxylic acids is 2. The molecule has 0 radical (unpaired) electrons. The van der Waals surface area contributed by atoms with Crippen molar-refractivity contribution >= 4 is 29.3 Å². The number of nitrogens with one attached hydrogen (secondary N) is 2. The number of carbonyl (C=O) groups is 2. The van der Waals surface area contributed by atoms with Gasteiger partial charge in [-0.25, -0.2) is 0 Å². The normalized spacial score (nSPS) is 12.9. The van der Waals surface area contributed by atoms with Gasteiger partial charge in [0.05, 0.1) is 7.11 Å². The monoisotopic (exact) mass is 402 g/mol. The summed E-state index contributed by atoms with van der Waals surface area (Å²) in [6.07, 6.45) is 2.47. The topological polar surface area (TPSA) is 85.9 Å². The Hall–Kier alpha value is -2.87. The van der Waals surface area contributed by atoms with Crippen LogP contribution in [0.25, 0.3) is 0 Å². The maximum Gasteiger partial charge on any atom is 0.251 e. The number of fused-ring (bicyclic) bond motifs is 1. The van der Waals surface area contributed by atoms with Gasteiger partial charge in [0.25, 0.3) is 5.91 Å². The first kappa shape index (κ1) is 19.9. The summed E-state index contributed by atoms with van der Waals surface area (Å²) in [5.41, 5.74) is 1.05. The minimum atomic E-state index is -0.660. The number of hydrogen-bond acceptors (Lipinski definition) is 6. The first-order valence-corrected chi connectivity index (χ1v) is 10.1. The molecule has 2 amide bonds. The van der Waals surface area contributed by atoms with Gasteiger partial charge in [-0.1, -0.05) is 0 Å². The van der Waals surface area contributed by atoms with Crippen molar-refractivity contribution in [1.82, 2.24) is 5.32 Å². The van der Waals surface area contributed by atoms with Gasteiger partial charge in [-0.3, -0.25) is 9.59 Å². The second-order valence-corrected chi connectivity index (χ2v) is 7.08. The third-order valence-electron chi connectivity index (χ3n) is 4.22.